The monoisotopic (exact) mass is 475 g/mol. The SMILES string of the molecule is NNCC(O)(c1ccc(F)cc1F)C(F)(F)c1ccc(-c2ccc(OC(F)(F)F)cc2)cn1. The fourth-order valence-corrected chi connectivity index (χ4v) is 3.16. The van der Waals surface area contributed by atoms with E-state index >= 15 is 8.78 Å². The summed E-state index contributed by atoms with van der Waals surface area (Å²) in [6, 6.07) is 8.37. The van der Waals surface area contributed by atoms with E-state index in [1.54, 1.807) is 0 Å². The minimum atomic E-state index is -4.87. The Balaban J connectivity index is 1.93. The van der Waals surface area contributed by atoms with Crippen LogP contribution in [-0.2, 0) is 11.5 Å². The third-order valence-corrected chi connectivity index (χ3v) is 4.76. The molecule has 0 radical (unpaired) electrons. The van der Waals surface area contributed by atoms with Gasteiger partial charge in [0.1, 0.15) is 23.1 Å². The summed E-state index contributed by atoms with van der Waals surface area (Å²) >= 11 is 0. The molecule has 1 aromatic heterocycles. The van der Waals surface area contributed by atoms with Gasteiger partial charge in [-0.15, -0.1) is 13.2 Å². The second-order valence-electron chi connectivity index (χ2n) is 6.94. The number of alkyl halides is 5. The number of pyridine rings is 1. The van der Waals surface area contributed by atoms with Gasteiger partial charge in [-0.25, -0.2) is 8.78 Å². The quantitative estimate of drug-likeness (QED) is 0.269. The van der Waals surface area contributed by atoms with Crippen LogP contribution in [0, 0.1) is 11.6 Å². The Morgan fingerprint density at radius 2 is 1.55 bits per heavy atom. The smallest absolute Gasteiger partial charge is 0.406 e. The van der Waals surface area contributed by atoms with Crippen molar-refractivity contribution in [2.75, 3.05) is 6.54 Å². The van der Waals surface area contributed by atoms with Gasteiger partial charge < -0.3 is 9.84 Å². The molecule has 0 amide bonds. The van der Waals surface area contributed by atoms with Gasteiger partial charge in [-0.3, -0.25) is 16.3 Å². The van der Waals surface area contributed by atoms with E-state index < -0.39 is 53.1 Å². The zero-order valence-corrected chi connectivity index (χ0v) is 16.5. The fourth-order valence-electron chi connectivity index (χ4n) is 3.16. The Morgan fingerprint density at radius 3 is 2.06 bits per heavy atom. The molecule has 5 nitrogen and oxygen atoms in total. The lowest BCUT2D eigenvalue weighted by molar-refractivity contribution is -0.274. The number of hydrogen-bond donors (Lipinski definition) is 3. The number of rotatable bonds is 7. The maximum absolute atomic E-state index is 15.3. The molecule has 1 heterocycles. The van der Waals surface area contributed by atoms with Gasteiger partial charge >= 0.3 is 12.3 Å². The molecule has 3 rings (SSSR count). The highest BCUT2D eigenvalue weighted by atomic mass is 19.4. The van der Waals surface area contributed by atoms with Crippen molar-refractivity contribution in [1.82, 2.24) is 10.4 Å². The minimum absolute atomic E-state index is 0.265. The van der Waals surface area contributed by atoms with Crippen LogP contribution >= 0.6 is 0 Å². The van der Waals surface area contributed by atoms with Crippen molar-refractivity contribution >= 4 is 0 Å². The number of nitrogens with one attached hydrogen (secondary N) is 1. The molecule has 0 aliphatic heterocycles. The summed E-state index contributed by atoms with van der Waals surface area (Å²) in [5, 5.41) is 10.7. The second-order valence-corrected chi connectivity index (χ2v) is 6.94. The first-order chi connectivity index (χ1) is 15.4. The first kappa shape index (κ1) is 24.4. The Hall–Kier alpha value is -3.22. The largest absolute Gasteiger partial charge is 0.573 e. The van der Waals surface area contributed by atoms with Gasteiger partial charge in [0.05, 0.1) is 0 Å². The molecule has 1 unspecified atom stereocenters. The van der Waals surface area contributed by atoms with Crippen LogP contribution < -0.4 is 16.0 Å². The van der Waals surface area contributed by atoms with E-state index in [9.17, 15) is 27.1 Å². The first-order valence-corrected chi connectivity index (χ1v) is 9.19. The highest BCUT2D eigenvalue weighted by Crippen LogP contribution is 2.45. The molecule has 0 saturated carbocycles. The highest BCUT2D eigenvalue weighted by molar-refractivity contribution is 5.63. The Morgan fingerprint density at radius 1 is 0.909 bits per heavy atom. The van der Waals surface area contributed by atoms with E-state index in [4.69, 9.17) is 5.84 Å². The van der Waals surface area contributed by atoms with Gasteiger partial charge in [0.2, 0.25) is 0 Å². The first-order valence-electron chi connectivity index (χ1n) is 9.19. The number of hydrazine groups is 1. The molecule has 4 N–H and O–H groups in total. The number of hydrogen-bond acceptors (Lipinski definition) is 5. The van der Waals surface area contributed by atoms with E-state index in [-0.39, 0.29) is 5.56 Å². The van der Waals surface area contributed by atoms with E-state index in [0.717, 1.165) is 24.4 Å². The molecular formula is C21H16F7N3O2. The lowest BCUT2D eigenvalue weighted by atomic mass is 9.84. The van der Waals surface area contributed by atoms with E-state index in [1.165, 1.54) is 18.2 Å². The van der Waals surface area contributed by atoms with Crippen molar-refractivity contribution in [1.29, 1.82) is 0 Å². The molecule has 2 aromatic carbocycles. The van der Waals surface area contributed by atoms with E-state index in [2.05, 4.69) is 9.72 Å². The lowest BCUT2D eigenvalue weighted by Crippen LogP contribution is -2.52. The van der Waals surface area contributed by atoms with E-state index in [1.807, 2.05) is 5.43 Å². The van der Waals surface area contributed by atoms with Crippen molar-refractivity contribution < 1.29 is 40.6 Å². The highest BCUT2D eigenvalue weighted by Gasteiger charge is 2.57. The zero-order valence-electron chi connectivity index (χ0n) is 16.5. The molecule has 0 aliphatic carbocycles. The van der Waals surface area contributed by atoms with Crippen LogP contribution in [0.25, 0.3) is 11.1 Å². The summed E-state index contributed by atoms with van der Waals surface area (Å²) < 4.78 is 98.6. The minimum Gasteiger partial charge on any atom is -0.406 e. The zero-order chi connectivity index (χ0) is 24.4. The number of ether oxygens (including phenoxy) is 1. The van der Waals surface area contributed by atoms with Crippen molar-refractivity contribution in [3.8, 4) is 16.9 Å². The molecule has 0 fully saturated rings. The molecule has 176 valence electrons. The third kappa shape index (κ3) is 5.07. The fraction of sp³-hybridized carbons (Fsp3) is 0.190. The third-order valence-electron chi connectivity index (χ3n) is 4.76. The maximum atomic E-state index is 15.3. The molecule has 3 aromatic rings. The predicted molar refractivity (Wildman–Crippen MR) is 103 cm³/mol. The average Bonchev–Trinajstić information content (AvgIpc) is 2.73. The topological polar surface area (TPSA) is 80.4 Å². The van der Waals surface area contributed by atoms with Gasteiger partial charge in [-0.05, 0) is 29.8 Å². The summed E-state index contributed by atoms with van der Waals surface area (Å²) in [5.74, 6) is -1.99. The molecule has 0 bridgehead atoms. The van der Waals surface area contributed by atoms with Gasteiger partial charge in [0.25, 0.3) is 0 Å². The van der Waals surface area contributed by atoms with Crippen LogP contribution in [0.5, 0.6) is 5.75 Å². The van der Waals surface area contributed by atoms with Gasteiger partial charge in [-0.2, -0.15) is 8.78 Å². The van der Waals surface area contributed by atoms with Crippen LogP contribution in [0.4, 0.5) is 30.7 Å². The number of aliphatic hydroxyl groups is 1. The van der Waals surface area contributed by atoms with Gasteiger partial charge in [-0.1, -0.05) is 24.3 Å². The molecule has 0 spiro atoms. The second kappa shape index (κ2) is 8.96. The van der Waals surface area contributed by atoms with Crippen molar-refractivity contribution in [2.24, 2.45) is 5.84 Å². The molecular weight excluding hydrogens is 459 g/mol. The Bertz CT molecular complexity index is 1110. The lowest BCUT2D eigenvalue weighted by Gasteiger charge is -2.35. The number of nitrogens with two attached hydrogens (primary N) is 1. The Kier molecular flexibility index (Phi) is 6.63. The molecule has 0 aliphatic rings. The van der Waals surface area contributed by atoms with Gasteiger partial charge in [0, 0.05) is 29.9 Å². The molecule has 12 heteroatoms. The van der Waals surface area contributed by atoms with Crippen molar-refractivity contribution in [2.45, 2.75) is 17.9 Å². The van der Waals surface area contributed by atoms with Crippen LogP contribution in [0.15, 0.2) is 60.8 Å². The number of aromatic nitrogens is 1. The van der Waals surface area contributed by atoms with Crippen LogP contribution in [0.2, 0.25) is 0 Å². The van der Waals surface area contributed by atoms with Crippen molar-refractivity contribution in [3.05, 3.63) is 83.7 Å². The summed E-state index contributed by atoms with van der Waals surface area (Å²) in [7, 11) is 0. The molecule has 33 heavy (non-hydrogen) atoms. The number of nitrogens with zero attached hydrogens (tertiary/aromatic N) is 1. The van der Waals surface area contributed by atoms with E-state index in [0.29, 0.717) is 23.8 Å². The number of benzene rings is 2. The van der Waals surface area contributed by atoms with Gasteiger partial charge in [0.15, 0.2) is 5.60 Å². The summed E-state index contributed by atoms with van der Waals surface area (Å²) in [6.45, 7) is -1.01. The van der Waals surface area contributed by atoms with Crippen LogP contribution in [0.1, 0.15) is 11.3 Å². The summed E-state index contributed by atoms with van der Waals surface area (Å²) in [4.78, 5) is 3.64. The standard InChI is InChI=1S/C21H16F7N3O2/c22-14-4-7-16(17(23)9-14)19(32,11-31-29)20(24,25)18-8-3-13(10-30-18)12-1-5-15(6-2-12)33-21(26,27)28/h1-10,31-32H,11,29H2. The predicted octanol–water partition coefficient (Wildman–Crippen LogP) is 4.37. The normalized spacial score (nSPS) is 14.1. The number of halogens is 7. The molecule has 1 atom stereocenters. The molecule has 0 saturated heterocycles. The maximum Gasteiger partial charge on any atom is 0.573 e. The Labute approximate surface area is 182 Å². The van der Waals surface area contributed by atoms with Crippen molar-refractivity contribution in [3.63, 3.8) is 0 Å². The van der Waals surface area contributed by atoms with Crippen LogP contribution in [-0.4, -0.2) is 23.0 Å². The van der Waals surface area contributed by atoms with Crippen LogP contribution in [0.3, 0.4) is 0 Å². The average molecular weight is 475 g/mol. The summed E-state index contributed by atoms with van der Waals surface area (Å²) in [5.41, 5.74) is -2.61. The summed E-state index contributed by atoms with van der Waals surface area (Å²) in [6.07, 6.45) is -3.87.